The van der Waals surface area contributed by atoms with E-state index in [2.05, 4.69) is 36.4 Å². The molecule has 5 nitrogen and oxygen atoms in total. The van der Waals surface area contributed by atoms with Crippen LogP contribution in [0.5, 0.6) is 0 Å². The van der Waals surface area contributed by atoms with Crippen LogP contribution >= 0.6 is 15.9 Å². The van der Waals surface area contributed by atoms with Crippen LogP contribution in [0.2, 0.25) is 0 Å². The Morgan fingerprint density at radius 3 is 3.05 bits per heavy atom. The number of rotatable bonds is 2. The standard InChI is InChI=1S/C13H15BrN4O/c14-9-5-6-10(16-8-9)12-17-13(19-18-12)11-4-2-1-3-7-15-11/h5-6,8,11,15H,1-4,7H2. The molecule has 19 heavy (non-hydrogen) atoms. The molecule has 100 valence electrons. The number of nitrogens with one attached hydrogen (secondary N) is 1. The highest BCUT2D eigenvalue weighted by Gasteiger charge is 2.20. The van der Waals surface area contributed by atoms with Crippen LogP contribution in [0.25, 0.3) is 11.5 Å². The zero-order valence-electron chi connectivity index (χ0n) is 10.5. The first kappa shape index (κ1) is 12.7. The fraction of sp³-hybridized carbons (Fsp3) is 0.462. The van der Waals surface area contributed by atoms with Gasteiger partial charge in [-0.05, 0) is 47.4 Å². The fourth-order valence-corrected chi connectivity index (χ4v) is 2.46. The number of hydrogen-bond acceptors (Lipinski definition) is 5. The quantitative estimate of drug-likeness (QED) is 0.920. The normalized spacial score (nSPS) is 20.2. The molecule has 0 saturated carbocycles. The summed E-state index contributed by atoms with van der Waals surface area (Å²) >= 11 is 3.36. The highest BCUT2D eigenvalue weighted by atomic mass is 79.9. The van der Waals surface area contributed by atoms with Gasteiger partial charge in [0.15, 0.2) is 0 Å². The largest absolute Gasteiger partial charge is 0.337 e. The molecule has 0 aliphatic carbocycles. The van der Waals surface area contributed by atoms with Crippen molar-refractivity contribution in [2.45, 2.75) is 31.7 Å². The van der Waals surface area contributed by atoms with E-state index in [0.717, 1.165) is 23.1 Å². The van der Waals surface area contributed by atoms with Gasteiger partial charge >= 0.3 is 0 Å². The van der Waals surface area contributed by atoms with Crippen molar-refractivity contribution in [3.05, 3.63) is 28.7 Å². The first-order chi connectivity index (χ1) is 9.33. The minimum Gasteiger partial charge on any atom is -0.337 e. The summed E-state index contributed by atoms with van der Waals surface area (Å²) in [5.41, 5.74) is 0.729. The average molecular weight is 323 g/mol. The van der Waals surface area contributed by atoms with Gasteiger partial charge in [-0.1, -0.05) is 18.0 Å². The van der Waals surface area contributed by atoms with Gasteiger partial charge in [0.25, 0.3) is 0 Å². The van der Waals surface area contributed by atoms with E-state index in [4.69, 9.17) is 4.52 Å². The van der Waals surface area contributed by atoms with E-state index in [-0.39, 0.29) is 6.04 Å². The van der Waals surface area contributed by atoms with Crippen molar-refractivity contribution < 1.29 is 4.52 Å². The predicted molar refractivity (Wildman–Crippen MR) is 74.4 cm³/mol. The highest BCUT2D eigenvalue weighted by molar-refractivity contribution is 9.10. The van der Waals surface area contributed by atoms with Crippen LogP contribution in [0.15, 0.2) is 27.3 Å². The summed E-state index contributed by atoms with van der Waals surface area (Å²) in [5, 5.41) is 7.47. The summed E-state index contributed by atoms with van der Waals surface area (Å²) in [5.74, 6) is 1.22. The van der Waals surface area contributed by atoms with E-state index in [1.807, 2.05) is 12.1 Å². The van der Waals surface area contributed by atoms with Crippen molar-refractivity contribution in [3.63, 3.8) is 0 Å². The molecule has 1 fully saturated rings. The first-order valence-electron chi connectivity index (χ1n) is 6.52. The van der Waals surface area contributed by atoms with Crippen LogP contribution in [-0.4, -0.2) is 21.7 Å². The molecule has 1 aliphatic heterocycles. The number of hydrogen-bond donors (Lipinski definition) is 1. The minimum atomic E-state index is 0.180. The van der Waals surface area contributed by atoms with E-state index in [1.165, 1.54) is 19.3 Å². The molecule has 0 aromatic carbocycles. The van der Waals surface area contributed by atoms with Crippen LogP contribution in [-0.2, 0) is 0 Å². The topological polar surface area (TPSA) is 63.8 Å². The summed E-state index contributed by atoms with van der Waals surface area (Å²) < 4.78 is 6.30. The summed E-state index contributed by atoms with van der Waals surface area (Å²) in [4.78, 5) is 8.73. The molecule has 1 atom stereocenters. The maximum atomic E-state index is 5.37. The molecule has 0 radical (unpaired) electrons. The van der Waals surface area contributed by atoms with Gasteiger partial charge in [0.05, 0.1) is 6.04 Å². The zero-order chi connectivity index (χ0) is 13.1. The molecule has 2 aromatic rings. The van der Waals surface area contributed by atoms with Gasteiger partial charge < -0.3 is 9.84 Å². The monoisotopic (exact) mass is 322 g/mol. The number of nitrogens with zero attached hydrogens (tertiary/aromatic N) is 3. The van der Waals surface area contributed by atoms with Crippen LogP contribution in [0.1, 0.15) is 37.6 Å². The number of aromatic nitrogens is 3. The minimum absolute atomic E-state index is 0.180. The third-order valence-corrected chi connectivity index (χ3v) is 3.73. The molecule has 0 bridgehead atoms. The fourth-order valence-electron chi connectivity index (χ4n) is 2.23. The molecule has 1 saturated heterocycles. The second-order valence-electron chi connectivity index (χ2n) is 4.67. The van der Waals surface area contributed by atoms with Crippen LogP contribution in [0, 0.1) is 0 Å². The molecule has 1 unspecified atom stereocenters. The lowest BCUT2D eigenvalue weighted by molar-refractivity contribution is 0.327. The second kappa shape index (κ2) is 5.79. The lowest BCUT2D eigenvalue weighted by Crippen LogP contribution is -2.20. The third-order valence-electron chi connectivity index (χ3n) is 3.26. The Bertz CT molecular complexity index is 532. The Morgan fingerprint density at radius 1 is 1.26 bits per heavy atom. The number of pyridine rings is 1. The second-order valence-corrected chi connectivity index (χ2v) is 5.59. The van der Waals surface area contributed by atoms with Gasteiger partial charge in [-0.15, -0.1) is 0 Å². The molecule has 0 spiro atoms. The van der Waals surface area contributed by atoms with Gasteiger partial charge in [-0.2, -0.15) is 4.98 Å². The Labute approximate surface area is 119 Å². The van der Waals surface area contributed by atoms with Crippen molar-refractivity contribution >= 4 is 15.9 Å². The molecule has 6 heteroatoms. The van der Waals surface area contributed by atoms with Gasteiger partial charge in [0, 0.05) is 10.7 Å². The SMILES string of the molecule is Brc1ccc(-c2noc(C3CCCCCN3)n2)nc1. The van der Waals surface area contributed by atoms with Gasteiger partial charge in [-0.25, -0.2) is 0 Å². The molecule has 1 aliphatic rings. The summed E-state index contributed by atoms with van der Waals surface area (Å²) in [6.07, 6.45) is 6.46. The van der Waals surface area contributed by atoms with Crippen molar-refractivity contribution in [2.75, 3.05) is 6.54 Å². The van der Waals surface area contributed by atoms with Gasteiger partial charge in [0.1, 0.15) is 5.69 Å². The van der Waals surface area contributed by atoms with E-state index in [9.17, 15) is 0 Å². The van der Waals surface area contributed by atoms with Crippen LogP contribution in [0.3, 0.4) is 0 Å². The van der Waals surface area contributed by atoms with Gasteiger partial charge in [0.2, 0.25) is 11.7 Å². The molecule has 1 N–H and O–H groups in total. The molecule has 3 rings (SSSR count). The van der Waals surface area contributed by atoms with E-state index >= 15 is 0 Å². The van der Waals surface area contributed by atoms with Crippen LogP contribution in [0.4, 0.5) is 0 Å². The lowest BCUT2D eigenvalue weighted by atomic mass is 10.1. The summed E-state index contributed by atoms with van der Waals surface area (Å²) in [6, 6.07) is 3.97. The maximum Gasteiger partial charge on any atom is 0.244 e. The third kappa shape index (κ3) is 3.01. The molecule has 3 heterocycles. The van der Waals surface area contributed by atoms with Crippen molar-refractivity contribution in [1.29, 1.82) is 0 Å². The van der Waals surface area contributed by atoms with Crippen molar-refractivity contribution in [2.24, 2.45) is 0 Å². The summed E-state index contributed by atoms with van der Waals surface area (Å²) in [7, 11) is 0. The zero-order valence-corrected chi connectivity index (χ0v) is 12.1. The Morgan fingerprint density at radius 2 is 2.21 bits per heavy atom. The lowest BCUT2D eigenvalue weighted by Gasteiger charge is -2.09. The van der Waals surface area contributed by atoms with E-state index < -0.39 is 0 Å². The van der Waals surface area contributed by atoms with E-state index in [0.29, 0.717) is 11.7 Å². The smallest absolute Gasteiger partial charge is 0.244 e. The van der Waals surface area contributed by atoms with E-state index in [1.54, 1.807) is 6.20 Å². The average Bonchev–Trinajstić information content (AvgIpc) is 2.76. The molecular weight excluding hydrogens is 308 g/mol. The predicted octanol–water partition coefficient (Wildman–Crippen LogP) is 3.10. The summed E-state index contributed by atoms with van der Waals surface area (Å²) in [6.45, 7) is 1.01. The number of halogens is 1. The van der Waals surface area contributed by atoms with Crippen molar-refractivity contribution in [3.8, 4) is 11.5 Å². The Kier molecular flexibility index (Phi) is 3.89. The molecular formula is C13H15BrN4O. The maximum absolute atomic E-state index is 5.37. The Balaban J connectivity index is 1.80. The first-order valence-corrected chi connectivity index (χ1v) is 7.31. The Hall–Kier alpha value is -1.27. The van der Waals surface area contributed by atoms with Gasteiger partial charge in [-0.3, -0.25) is 4.98 Å². The molecule has 0 amide bonds. The van der Waals surface area contributed by atoms with Crippen LogP contribution < -0.4 is 5.32 Å². The van der Waals surface area contributed by atoms with Crippen molar-refractivity contribution in [1.82, 2.24) is 20.4 Å². The highest BCUT2D eigenvalue weighted by Crippen LogP contribution is 2.23. The molecule has 2 aromatic heterocycles.